The largest absolute Gasteiger partial charge is 0.480 e. The Morgan fingerprint density at radius 2 is 2.43 bits per heavy atom. The van der Waals surface area contributed by atoms with E-state index in [1.54, 1.807) is 11.2 Å². The van der Waals surface area contributed by atoms with E-state index < -0.39 is 12.0 Å². The second-order valence-corrected chi connectivity index (χ2v) is 3.97. The van der Waals surface area contributed by atoms with Gasteiger partial charge in [0.05, 0.1) is 0 Å². The zero-order chi connectivity index (χ0) is 10.6. The molecule has 80 valence electrons. The van der Waals surface area contributed by atoms with E-state index in [0.717, 1.165) is 13.0 Å². The van der Waals surface area contributed by atoms with Crippen LogP contribution in [0, 0.1) is 5.92 Å². The van der Waals surface area contributed by atoms with Crippen LogP contribution in [-0.2, 0) is 4.79 Å². The molecule has 1 heterocycles. The Bertz CT molecular complexity index is 226. The number of nitrogens with one attached hydrogen (secondary N) is 1. The van der Waals surface area contributed by atoms with Gasteiger partial charge in [-0.05, 0) is 18.8 Å². The van der Waals surface area contributed by atoms with E-state index in [1.165, 1.54) is 0 Å². The summed E-state index contributed by atoms with van der Waals surface area (Å²) in [5.41, 5.74) is 3.11. The molecule has 14 heavy (non-hydrogen) atoms. The topological polar surface area (TPSA) is 52.6 Å². The third-order valence-electron chi connectivity index (χ3n) is 2.26. The van der Waals surface area contributed by atoms with Crippen LogP contribution in [0.1, 0.15) is 26.7 Å². The average Bonchev–Trinajstić information content (AvgIpc) is 2.51. The van der Waals surface area contributed by atoms with Gasteiger partial charge < -0.3 is 10.1 Å². The third-order valence-corrected chi connectivity index (χ3v) is 2.26. The maximum absolute atomic E-state index is 10.8. The summed E-state index contributed by atoms with van der Waals surface area (Å²) < 4.78 is 0. The SMILES string of the molecule is CC(C)CCNN1C=CCC1C(=O)O. The molecule has 0 aromatic rings. The summed E-state index contributed by atoms with van der Waals surface area (Å²) in [5, 5.41) is 10.6. The zero-order valence-corrected chi connectivity index (χ0v) is 8.73. The molecule has 0 saturated carbocycles. The van der Waals surface area contributed by atoms with Crippen molar-refractivity contribution in [2.24, 2.45) is 5.92 Å². The predicted molar refractivity (Wildman–Crippen MR) is 54.5 cm³/mol. The van der Waals surface area contributed by atoms with Gasteiger partial charge in [-0.25, -0.2) is 10.2 Å². The quantitative estimate of drug-likeness (QED) is 0.697. The Balaban J connectivity index is 2.29. The molecule has 1 rings (SSSR count). The number of carboxylic acid groups (broad SMARTS) is 1. The lowest BCUT2D eigenvalue weighted by atomic mass is 10.1. The molecule has 0 aliphatic carbocycles. The summed E-state index contributed by atoms with van der Waals surface area (Å²) in [6.45, 7) is 5.12. The second kappa shape index (κ2) is 5.00. The Kier molecular flexibility index (Phi) is 3.95. The maximum Gasteiger partial charge on any atom is 0.328 e. The Labute approximate surface area is 84.6 Å². The average molecular weight is 198 g/mol. The first-order valence-corrected chi connectivity index (χ1v) is 5.02. The monoisotopic (exact) mass is 198 g/mol. The Hall–Kier alpha value is -1.03. The lowest BCUT2D eigenvalue weighted by Gasteiger charge is -2.23. The van der Waals surface area contributed by atoms with E-state index in [2.05, 4.69) is 19.3 Å². The minimum absolute atomic E-state index is 0.429. The standard InChI is InChI=1S/C10H18N2O2/c1-8(2)5-6-11-12-7-3-4-9(12)10(13)14/h3,7-9,11H,4-6H2,1-2H3,(H,13,14). The van der Waals surface area contributed by atoms with Crippen LogP contribution in [0.2, 0.25) is 0 Å². The van der Waals surface area contributed by atoms with E-state index in [4.69, 9.17) is 5.11 Å². The van der Waals surface area contributed by atoms with Gasteiger partial charge in [0.2, 0.25) is 0 Å². The van der Waals surface area contributed by atoms with Crippen LogP contribution in [-0.4, -0.2) is 28.7 Å². The number of aliphatic carboxylic acids is 1. The fraction of sp³-hybridized carbons (Fsp3) is 0.700. The first-order chi connectivity index (χ1) is 6.61. The molecular weight excluding hydrogens is 180 g/mol. The van der Waals surface area contributed by atoms with Gasteiger partial charge in [0, 0.05) is 12.7 Å². The van der Waals surface area contributed by atoms with Crippen LogP contribution < -0.4 is 5.43 Å². The first kappa shape index (κ1) is 11.0. The lowest BCUT2D eigenvalue weighted by Crippen LogP contribution is -2.44. The fourth-order valence-corrected chi connectivity index (χ4v) is 1.39. The van der Waals surface area contributed by atoms with Gasteiger partial charge >= 0.3 is 5.97 Å². The van der Waals surface area contributed by atoms with Crippen molar-refractivity contribution in [2.45, 2.75) is 32.7 Å². The van der Waals surface area contributed by atoms with Gasteiger partial charge in [0.1, 0.15) is 6.04 Å². The van der Waals surface area contributed by atoms with Gasteiger partial charge in [-0.1, -0.05) is 19.9 Å². The van der Waals surface area contributed by atoms with E-state index >= 15 is 0 Å². The minimum Gasteiger partial charge on any atom is -0.480 e. The summed E-state index contributed by atoms with van der Waals surface area (Å²) >= 11 is 0. The molecule has 0 aromatic heterocycles. The van der Waals surface area contributed by atoms with E-state index in [-0.39, 0.29) is 0 Å². The van der Waals surface area contributed by atoms with E-state index in [1.807, 2.05) is 6.08 Å². The molecule has 0 radical (unpaired) electrons. The molecular formula is C10H18N2O2. The van der Waals surface area contributed by atoms with Crippen molar-refractivity contribution < 1.29 is 9.90 Å². The smallest absolute Gasteiger partial charge is 0.328 e. The van der Waals surface area contributed by atoms with Crippen molar-refractivity contribution in [3.63, 3.8) is 0 Å². The number of carbonyl (C=O) groups is 1. The summed E-state index contributed by atoms with van der Waals surface area (Å²) in [5.74, 6) is -0.135. The second-order valence-electron chi connectivity index (χ2n) is 3.97. The summed E-state index contributed by atoms with van der Waals surface area (Å²) in [7, 11) is 0. The van der Waals surface area contributed by atoms with Crippen LogP contribution in [0.3, 0.4) is 0 Å². The van der Waals surface area contributed by atoms with Crippen LogP contribution >= 0.6 is 0 Å². The molecule has 0 saturated heterocycles. The number of carboxylic acids is 1. The van der Waals surface area contributed by atoms with Crippen molar-refractivity contribution in [3.05, 3.63) is 12.3 Å². The van der Waals surface area contributed by atoms with E-state index in [9.17, 15) is 4.79 Å². The molecule has 4 nitrogen and oxygen atoms in total. The molecule has 1 aliphatic heterocycles. The molecule has 2 N–H and O–H groups in total. The molecule has 0 spiro atoms. The Morgan fingerprint density at radius 1 is 1.71 bits per heavy atom. The van der Waals surface area contributed by atoms with Crippen molar-refractivity contribution in [1.29, 1.82) is 0 Å². The molecule has 4 heteroatoms. The predicted octanol–water partition coefficient (Wildman–Crippen LogP) is 1.21. The number of nitrogens with zero attached hydrogens (tertiary/aromatic N) is 1. The normalized spacial score (nSPS) is 20.8. The highest BCUT2D eigenvalue weighted by molar-refractivity contribution is 5.74. The van der Waals surface area contributed by atoms with Gasteiger partial charge in [-0.3, -0.25) is 0 Å². The summed E-state index contributed by atoms with van der Waals surface area (Å²) in [6.07, 6.45) is 5.32. The summed E-state index contributed by atoms with van der Waals surface area (Å²) in [6, 6.07) is -0.429. The van der Waals surface area contributed by atoms with Gasteiger partial charge in [0.15, 0.2) is 0 Å². The van der Waals surface area contributed by atoms with Crippen LogP contribution in [0.25, 0.3) is 0 Å². The molecule has 1 unspecified atom stereocenters. The van der Waals surface area contributed by atoms with Gasteiger partial charge in [-0.15, -0.1) is 0 Å². The maximum atomic E-state index is 10.8. The molecule has 0 aromatic carbocycles. The Morgan fingerprint density at radius 3 is 3.00 bits per heavy atom. The molecule has 0 amide bonds. The van der Waals surface area contributed by atoms with Crippen LogP contribution in [0.5, 0.6) is 0 Å². The van der Waals surface area contributed by atoms with Crippen molar-refractivity contribution >= 4 is 5.97 Å². The minimum atomic E-state index is -0.771. The van der Waals surface area contributed by atoms with Gasteiger partial charge in [0.25, 0.3) is 0 Å². The number of hydrogen-bond donors (Lipinski definition) is 2. The van der Waals surface area contributed by atoms with Crippen molar-refractivity contribution in [1.82, 2.24) is 10.4 Å². The van der Waals surface area contributed by atoms with E-state index in [0.29, 0.717) is 12.3 Å². The third kappa shape index (κ3) is 3.03. The number of hydrazine groups is 1. The molecule has 1 aliphatic rings. The molecule has 0 bridgehead atoms. The highest BCUT2D eigenvalue weighted by atomic mass is 16.4. The highest BCUT2D eigenvalue weighted by Gasteiger charge is 2.25. The highest BCUT2D eigenvalue weighted by Crippen LogP contribution is 2.11. The summed E-state index contributed by atoms with van der Waals surface area (Å²) in [4.78, 5) is 10.8. The lowest BCUT2D eigenvalue weighted by molar-refractivity contribution is -0.142. The number of rotatable bonds is 5. The number of hydrogen-bond acceptors (Lipinski definition) is 3. The van der Waals surface area contributed by atoms with Crippen molar-refractivity contribution in [2.75, 3.05) is 6.54 Å². The van der Waals surface area contributed by atoms with Gasteiger partial charge in [-0.2, -0.15) is 0 Å². The fourth-order valence-electron chi connectivity index (χ4n) is 1.39. The first-order valence-electron chi connectivity index (χ1n) is 5.02. The van der Waals surface area contributed by atoms with Crippen LogP contribution in [0.15, 0.2) is 12.3 Å². The zero-order valence-electron chi connectivity index (χ0n) is 8.73. The molecule has 0 fully saturated rings. The molecule has 1 atom stereocenters. The van der Waals surface area contributed by atoms with Crippen molar-refractivity contribution in [3.8, 4) is 0 Å². The van der Waals surface area contributed by atoms with Crippen LogP contribution in [0.4, 0.5) is 0 Å².